The first-order valence-corrected chi connectivity index (χ1v) is 11.8. The molecule has 0 aliphatic carbocycles. The molecular formula is C25H34N6O2. The number of anilines is 1. The van der Waals surface area contributed by atoms with Crippen LogP contribution in [0.25, 0.3) is 0 Å². The monoisotopic (exact) mass is 450 g/mol. The molecule has 1 aromatic heterocycles. The zero-order valence-corrected chi connectivity index (χ0v) is 19.8. The fourth-order valence-corrected chi connectivity index (χ4v) is 4.56. The molecule has 2 aromatic rings. The molecule has 0 saturated carbocycles. The Bertz CT molecular complexity index is 988. The molecule has 2 saturated heterocycles. The molecule has 1 aromatic carbocycles. The number of hydrogen-bond acceptors (Lipinski definition) is 6. The van der Waals surface area contributed by atoms with Gasteiger partial charge in [-0.05, 0) is 45.2 Å². The molecule has 0 bridgehead atoms. The number of pyridine rings is 1. The van der Waals surface area contributed by atoms with E-state index in [4.69, 9.17) is 0 Å². The number of aromatic nitrogens is 1. The summed E-state index contributed by atoms with van der Waals surface area (Å²) in [5.74, 6) is -0.195. The van der Waals surface area contributed by atoms with Crippen LogP contribution >= 0.6 is 0 Å². The fourth-order valence-electron chi connectivity index (χ4n) is 4.56. The average molecular weight is 451 g/mol. The Morgan fingerprint density at radius 3 is 2.39 bits per heavy atom. The van der Waals surface area contributed by atoms with Gasteiger partial charge in [0.1, 0.15) is 0 Å². The van der Waals surface area contributed by atoms with E-state index >= 15 is 0 Å². The summed E-state index contributed by atoms with van der Waals surface area (Å²) in [5, 5.41) is 6.74. The van der Waals surface area contributed by atoms with Crippen molar-refractivity contribution < 1.29 is 9.59 Å². The first kappa shape index (κ1) is 23.2. The normalized spacial score (nSPS) is 19.6. The second-order valence-corrected chi connectivity index (χ2v) is 9.10. The van der Waals surface area contributed by atoms with Crippen molar-refractivity contribution in [3.63, 3.8) is 0 Å². The van der Waals surface area contributed by atoms with Gasteiger partial charge in [-0.3, -0.25) is 14.6 Å². The quantitative estimate of drug-likeness (QED) is 0.726. The van der Waals surface area contributed by atoms with Crippen LogP contribution in [0.4, 0.5) is 5.69 Å². The highest BCUT2D eigenvalue weighted by atomic mass is 16.2. The third-order valence-corrected chi connectivity index (χ3v) is 6.23. The highest BCUT2D eigenvalue weighted by Crippen LogP contribution is 2.31. The van der Waals surface area contributed by atoms with E-state index in [2.05, 4.69) is 41.4 Å². The van der Waals surface area contributed by atoms with E-state index in [1.807, 2.05) is 34.1 Å². The minimum absolute atomic E-state index is 0.0777. The zero-order valence-electron chi connectivity index (χ0n) is 19.8. The summed E-state index contributed by atoms with van der Waals surface area (Å²) in [6.45, 7) is 9.05. The molecular weight excluding hydrogens is 416 g/mol. The van der Waals surface area contributed by atoms with Crippen molar-refractivity contribution in [1.29, 1.82) is 0 Å². The summed E-state index contributed by atoms with van der Waals surface area (Å²) >= 11 is 0. The van der Waals surface area contributed by atoms with Crippen LogP contribution in [0.1, 0.15) is 46.3 Å². The molecule has 2 amide bonds. The van der Waals surface area contributed by atoms with Crippen LogP contribution in [0.5, 0.6) is 0 Å². The van der Waals surface area contributed by atoms with Crippen LogP contribution in [0, 0.1) is 0 Å². The third-order valence-electron chi connectivity index (χ3n) is 6.23. The lowest BCUT2D eigenvalue weighted by atomic mass is 10.0. The lowest BCUT2D eigenvalue weighted by Crippen LogP contribution is -2.50. The molecule has 1 unspecified atom stereocenters. The topological polar surface area (TPSA) is 80.8 Å². The van der Waals surface area contributed by atoms with Crippen LogP contribution < -0.4 is 10.6 Å². The van der Waals surface area contributed by atoms with Gasteiger partial charge in [-0.1, -0.05) is 12.1 Å². The molecule has 2 fully saturated rings. The first-order chi connectivity index (χ1) is 16.0. The molecule has 2 aliphatic heterocycles. The molecule has 0 radical (unpaired) electrons. The van der Waals surface area contributed by atoms with E-state index in [1.54, 1.807) is 18.3 Å². The van der Waals surface area contributed by atoms with Crippen molar-refractivity contribution in [3.05, 3.63) is 59.4 Å². The van der Waals surface area contributed by atoms with E-state index in [0.29, 0.717) is 37.3 Å². The zero-order chi connectivity index (χ0) is 23.4. The SMILES string of the molecule is CC(C)Nc1cccnc1C1CN(C)CCN1C(=O)c1ccccc1C(=O)N1CCNCC1. The van der Waals surface area contributed by atoms with Crippen molar-refractivity contribution >= 4 is 17.5 Å². The minimum Gasteiger partial charge on any atom is -0.381 e. The minimum atomic E-state index is -0.207. The maximum atomic E-state index is 13.9. The number of rotatable bonds is 5. The number of amides is 2. The Labute approximate surface area is 196 Å². The number of carbonyl (C=O) groups excluding carboxylic acids is 2. The smallest absolute Gasteiger partial charge is 0.255 e. The van der Waals surface area contributed by atoms with Gasteiger partial charge in [-0.25, -0.2) is 0 Å². The summed E-state index contributed by atoms with van der Waals surface area (Å²) in [7, 11) is 2.06. The van der Waals surface area contributed by atoms with Gasteiger partial charge >= 0.3 is 0 Å². The first-order valence-electron chi connectivity index (χ1n) is 11.8. The van der Waals surface area contributed by atoms with Crippen LogP contribution in [0.3, 0.4) is 0 Å². The number of likely N-dealkylation sites (N-methyl/N-ethyl adjacent to an activating group) is 1. The largest absolute Gasteiger partial charge is 0.381 e. The molecule has 33 heavy (non-hydrogen) atoms. The van der Waals surface area contributed by atoms with E-state index in [0.717, 1.165) is 31.0 Å². The molecule has 8 nitrogen and oxygen atoms in total. The van der Waals surface area contributed by atoms with Crippen molar-refractivity contribution in [2.24, 2.45) is 0 Å². The van der Waals surface area contributed by atoms with Gasteiger partial charge in [0.05, 0.1) is 28.6 Å². The number of piperazine rings is 2. The van der Waals surface area contributed by atoms with Crippen LogP contribution in [-0.4, -0.2) is 90.4 Å². The molecule has 2 aliphatic rings. The summed E-state index contributed by atoms with van der Waals surface area (Å²) in [6, 6.07) is 11.2. The van der Waals surface area contributed by atoms with Crippen molar-refractivity contribution in [2.75, 3.05) is 58.2 Å². The number of carbonyl (C=O) groups is 2. The predicted molar refractivity (Wildman–Crippen MR) is 129 cm³/mol. The molecule has 2 N–H and O–H groups in total. The van der Waals surface area contributed by atoms with Gasteiger partial charge in [0.2, 0.25) is 0 Å². The Kier molecular flexibility index (Phi) is 7.25. The molecule has 1 atom stereocenters. The second kappa shape index (κ2) is 10.3. The van der Waals surface area contributed by atoms with Gasteiger partial charge in [-0.15, -0.1) is 0 Å². The lowest BCUT2D eigenvalue weighted by molar-refractivity contribution is 0.0485. The van der Waals surface area contributed by atoms with Gasteiger partial charge in [0.25, 0.3) is 11.8 Å². The van der Waals surface area contributed by atoms with Crippen LogP contribution in [0.2, 0.25) is 0 Å². The predicted octanol–water partition coefficient (Wildman–Crippen LogP) is 2.08. The average Bonchev–Trinajstić information content (AvgIpc) is 2.83. The Hall–Kier alpha value is -2.97. The van der Waals surface area contributed by atoms with Crippen molar-refractivity contribution in [3.8, 4) is 0 Å². The van der Waals surface area contributed by atoms with E-state index in [9.17, 15) is 9.59 Å². The van der Waals surface area contributed by atoms with Crippen LogP contribution in [-0.2, 0) is 0 Å². The highest BCUT2D eigenvalue weighted by Gasteiger charge is 2.35. The Balaban J connectivity index is 1.67. The number of hydrogen-bond donors (Lipinski definition) is 2. The summed E-state index contributed by atoms with van der Waals surface area (Å²) in [4.78, 5) is 37.8. The van der Waals surface area contributed by atoms with E-state index < -0.39 is 0 Å². The van der Waals surface area contributed by atoms with Crippen molar-refractivity contribution in [2.45, 2.75) is 25.9 Å². The Morgan fingerprint density at radius 1 is 1.00 bits per heavy atom. The standard InChI is InChI=1S/C25H34N6O2/c1-18(2)28-21-9-6-10-27-23(21)22-17-29(3)15-16-31(22)25(33)20-8-5-4-7-19(20)24(32)30-13-11-26-12-14-30/h4-10,18,22,26,28H,11-17H2,1-3H3. The van der Waals surface area contributed by atoms with Gasteiger partial charge in [0, 0.05) is 58.1 Å². The summed E-state index contributed by atoms with van der Waals surface area (Å²) in [6.07, 6.45) is 1.78. The second-order valence-electron chi connectivity index (χ2n) is 9.10. The van der Waals surface area contributed by atoms with Crippen molar-refractivity contribution in [1.82, 2.24) is 25.0 Å². The summed E-state index contributed by atoms with van der Waals surface area (Å²) < 4.78 is 0. The Morgan fingerprint density at radius 2 is 1.70 bits per heavy atom. The molecule has 176 valence electrons. The number of benzene rings is 1. The molecule has 3 heterocycles. The third kappa shape index (κ3) is 5.17. The maximum absolute atomic E-state index is 13.9. The van der Waals surface area contributed by atoms with E-state index in [1.165, 1.54) is 0 Å². The molecule has 8 heteroatoms. The van der Waals surface area contributed by atoms with E-state index in [-0.39, 0.29) is 23.9 Å². The van der Waals surface area contributed by atoms with Gasteiger partial charge < -0.3 is 25.3 Å². The number of nitrogens with zero attached hydrogens (tertiary/aromatic N) is 4. The number of nitrogens with one attached hydrogen (secondary N) is 2. The summed E-state index contributed by atoms with van der Waals surface area (Å²) in [5.41, 5.74) is 2.74. The highest BCUT2D eigenvalue weighted by molar-refractivity contribution is 6.07. The fraction of sp³-hybridized carbons (Fsp3) is 0.480. The maximum Gasteiger partial charge on any atom is 0.255 e. The molecule has 0 spiro atoms. The van der Waals surface area contributed by atoms with Gasteiger partial charge in [0.15, 0.2) is 0 Å². The van der Waals surface area contributed by atoms with Gasteiger partial charge in [-0.2, -0.15) is 0 Å². The van der Waals surface area contributed by atoms with Crippen LogP contribution in [0.15, 0.2) is 42.6 Å². The lowest BCUT2D eigenvalue weighted by Gasteiger charge is -2.40. The molecule has 4 rings (SSSR count).